The second-order valence-corrected chi connectivity index (χ2v) is 6.78. The molecule has 4 amide bonds. The summed E-state index contributed by atoms with van der Waals surface area (Å²) in [5.41, 5.74) is -1.06. The summed E-state index contributed by atoms with van der Waals surface area (Å²) < 4.78 is 0.626. The molecule has 3 rings (SSSR count). The number of amides is 4. The smallest absolute Gasteiger partial charge is 0.276 e. The van der Waals surface area contributed by atoms with Crippen LogP contribution in [-0.4, -0.2) is 17.8 Å². The van der Waals surface area contributed by atoms with Crippen molar-refractivity contribution < 1.29 is 14.4 Å². The van der Waals surface area contributed by atoms with Gasteiger partial charge in [0.15, 0.2) is 0 Å². The summed E-state index contributed by atoms with van der Waals surface area (Å²) >= 11 is 15.5. The lowest BCUT2D eigenvalue weighted by Gasteiger charge is -2.44. The maximum Gasteiger partial charge on any atom is 0.335 e. The van der Waals surface area contributed by atoms with Crippen molar-refractivity contribution in [1.29, 1.82) is 0 Å². The largest absolute Gasteiger partial charge is 0.335 e. The normalized spacial score (nSPS) is 20.5. The van der Waals surface area contributed by atoms with Crippen molar-refractivity contribution >= 4 is 62.7 Å². The molecule has 8 heteroatoms. The first-order valence-corrected chi connectivity index (χ1v) is 7.76. The van der Waals surface area contributed by atoms with Crippen LogP contribution in [0.1, 0.15) is 19.3 Å². The highest BCUT2D eigenvalue weighted by atomic mass is 79.9. The Balaban J connectivity index is 2.11. The molecule has 2 aliphatic rings. The van der Waals surface area contributed by atoms with Gasteiger partial charge in [0.25, 0.3) is 5.91 Å². The van der Waals surface area contributed by atoms with Gasteiger partial charge in [-0.15, -0.1) is 0 Å². The van der Waals surface area contributed by atoms with Gasteiger partial charge in [-0.2, -0.15) is 0 Å². The molecule has 1 saturated carbocycles. The number of halogens is 3. The molecule has 1 spiro atoms. The van der Waals surface area contributed by atoms with Crippen LogP contribution in [-0.2, 0) is 9.59 Å². The van der Waals surface area contributed by atoms with E-state index in [4.69, 9.17) is 23.2 Å². The van der Waals surface area contributed by atoms with Crippen LogP contribution < -0.4 is 10.2 Å². The van der Waals surface area contributed by atoms with E-state index in [0.29, 0.717) is 17.3 Å². The second kappa shape index (κ2) is 4.97. The number of urea groups is 1. The highest BCUT2D eigenvalue weighted by molar-refractivity contribution is 9.10. The van der Waals surface area contributed by atoms with Crippen molar-refractivity contribution in [2.45, 2.75) is 19.3 Å². The van der Waals surface area contributed by atoms with Gasteiger partial charge < -0.3 is 0 Å². The number of carbonyl (C=O) groups is 3. The SMILES string of the molecule is O=C1NC(=O)C2(CCC2)C(=O)N1c1c(Cl)cc(Br)cc1Cl. The average molecular weight is 392 g/mol. The van der Waals surface area contributed by atoms with Crippen LogP contribution >= 0.6 is 39.1 Å². The van der Waals surface area contributed by atoms with E-state index in [2.05, 4.69) is 21.2 Å². The number of barbiturate groups is 1. The van der Waals surface area contributed by atoms with Crippen LogP contribution in [0, 0.1) is 5.41 Å². The van der Waals surface area contributed by atoms with E-state index in [1.165, 1.54) is 12.1 Å². The van der Waals surface area contributed by atoms with Gasteiger partial charge in [0, 0.05) is 4.47 Å². The molecule has 1 saturated heterocycles. The Kier molecular flexibility index (Phi) is 3.50. The Morgan fingerprint density at radius 3 is 2.19 bits per heavy atom. The number of benzene rings is 1. The van der Waals surface area contributed by atoms with Crippen molar-refractivity contribution in [3.05, 3.63) is 26.7 Å². The molecule has 2 fully saturated rings. The van der Waals surface area contributed by atoms with Gasteiger partial charge in [0.2, 0.25) is 5.91 Å². The molecule has 1 heterocycles. The first kappa shape index (κ1) is 14.8. The van der Waals surface area contributed by atoms with E-state index in [0.717, 1.165) is 11.3 Å². The Hall–Kier alpha value is -1.11. The number of rotatable bonds is 1. The Labute approximate surface area is 138 Å². The van der Waals surface area contributed by atoms with Gasteiger partial charge in [-0.3, -0.25) is 14.9 Å². The molecular weight excluding hydrogens is 383 g/mol. The molecule has 1 N–H and O–H groups in total. The van der Waals surface area contributed by atoms with Crippen molar-refractivity contribution in [2.24, 2.45) is 5.41 Å². The quantitative estimate of drug-likeness (QED) is 0.745. The first-order valence-electron chi connectivity index (χ1n) is 6.21. The van der Waals surface area contributed by atoms with Crippen LogP contribution in [0.5, 0.6) is 0 Å². The summed E-state index contributed by atoms with van der Waals surface area (Å²) in [7, 11) is 0. The van der Waals surface area contributed by atoms with Crippen molar-refractivity contribution in [2.75, 3.05) is 4.90 Å². The molecule has 110 valence electrons. The van der Waals surface area contributed by atoms with Crippen LogP contribution in [0.2, 0.25) is 10.0 Å². The molecule has 1 aliphatic heterocycles. The summed E-state index contributed by atoms with van der Waals surface area (Å²) in [6, 6.07) is 2.24. The Morgan fingerprint density at radius 1 is 1.14 bits per heavy atom. The number of nitrogens with zero attached hydrogens (tertiary/aromatic N) is 1. The minimum absolute atomic E-state index is 0.0998. The van der Waals surface area contributed by atoms with E-state index in [1.54, 1.807) is 0 Å². The topological polar surface area (TPSA) is 66.5 Å². The number of hydrogen-bond acceptors (Lipinski definition) is 3. The standard InChI is InChI=1S/C13H9BrCl2N2O3/c14-6-4-7(15)9(8(16)5-6)18-11(20)13(2-1-3-13)10(19)17-12(18)21/h4-5H,1-3H2,(H,17,19,21). The average Bonchev–Trinajstić information content (AvgIpc) is 2.29. The Morgan fingerprint density at radius 2 is 1.71 bits per heavy atom. The van der Waals surface area contributed by atoms with Gasteiger partial charge in [-0.05, 0) is 25.0 Å². The lowest BCUT2D eigenvalue weighted by Crippen LogP contribution is -2.66. The predicted octanol–water partition coefficient (Wildman–Crippen LogP) is 3.51. The molecular formula is C13H9BrCl2N2O3. The lowest BCUT2D eigenvalue weighted by atomic mass is 9.66. The molecule has 1 aliphatic carbocycles. The molecule has 0 aromatic heterocycles. The molecule has 0 radical (unpaired) electrons. The fourth-order valence-corrected chi connectivity index (χ4v) is 3.98. The zero-order valence-corrected chi connectivity index (χ0v) is 13.7. The maximum absolute atomic E-state index is 12.7. The zero-order valence-electron chi connectivity index (χ0n) is 10.6. The summed E-state index contributed by atoms with van der Waals surface area (Å²) in [6.45, 7) is 0. The second-order valence-electron chi connectivity index (χ2n) is 5.05. The first-order chi connectivity index (χ1) is 9.86. The van der Waals surface area contributed by atoms with Gasteiger partial charge in [0.05, 0.1) is 15.7 Å². The third-order valence-corrected chi connectivity index (χ3v) is 4.92. The summed E-state index contributed by atoms with van der Waals surface area (Å²) in [4.78, 5) is 37.6. The van der Waals surface area contributed by atoms with E-state index in [9.17, 15) is 14.4 Å². The number of carbonyl (C=O) groups excluding carboxylic acids is 3. The predicted molar refractivity (Wildman–Crippen MR) is 81.5 cm³/mol. The van der Waals surface area contributed by atoms with Crippen LogP contribution in [0.4, 0.5) is 10.5 Å². The fourth-order valence-electron chi connectivity index (χ4n) is 2.60. The maximum atomic E-state index is 12.7. The number of hydrogen-bond donors (Lipinski definition) is 1. The highest BCUT2D eigenvalue weighted by Gasteiger charge is 2.58. The van der Waals surface area contributed by atoms with E-state index in [1.807, 2.05) is 0 Å². The van der Waals surface area contributed by atoms with Crippen molar-refractivity contribution in [3.63, 3.8) is 0 Å². The fraction of sp³-hybridized carbons (Fsp3) is 0.308. The number of imide groups is 2. The lowest BCUT2D eigenvalue weighted by molar-refractivity contribution is -0.148. The molecule has 21 heavy (non-hydrogen) atoms. The highest BCUT2D eigenvalue weighted by Crippen LogP contribution is 2.47. The molecule has 5 nitrogen and oxygen atoms in total. The van der Waals surface area contributed by atoms with Gasteiger partial charge in [-0.25, -0.2) is 9.69 Å². The van der Waals surface area contributed by atoms with Gasteiger partial charge in [-0.1, -0.05) is 45.6 Å². The number of anilines is 1. The van der Waals surface area contributed by atoms with Crippen LogP contribution in [0.15, 0.2) is 16.6 Å². The van der Waals surface area contributed by atoms with Gasteiger partial charge in [0.1, 0.15) is 5.41 Å². The summed E-state index contributed by atoms with van der Waals surface area (Å²) in [6.07, 6.45) is 1.61. The van der Waals surface area contributed by atoms with Crippen LogP contribution in [0.3, 0.4) is 0 Å². The third kappa shape index (κ3) is 2.08. The van der Waals surface area contributed by atoms with Crippen molar-refractivity contribution in [3.8, 4) is 0 Å². The monoisotopic (exact) mass is 390 g/mol. The van der Waals surface area contributed by atoms with E-state index >= 15 is 0 Å². The number of nitrogens with one attached hydrogen (secondary N) is 1. The minimum atomic E-state index is -1.16. The molecule has 0 unspecified atom stereocenters. The minimum Gasteiger partial charge on any atom is -0.276 e. The van der Waals surface area contributed by atoms with Crippen LogP contribution in [0.25, 0.3) is 0 Å². The third-order valence-electron chi connectivity index (χ3n) is 3.88. The van der Waals surface area contributed by atoms with E-state index in [-0.39, 0.29) is 15.7 Å². The molecule has 0 bridgehead atoms. The Bertz CT molecular complexity index is 665. The van der Waals surface area contributed by atoms with Crippen molar-refractivity contribution in [1.82, 2.24) is 5.32 Å². The molecule has 1 aromatic rings. The van der Waals surface area contributed by atoms with Gasteiger partial charge >= 0.3 is 6.03 Å². The zero-order chi connectivity index (χ0) is 15.4. The van der Waals surface area contributed by atoms with E-state index < -0.39 is 23.3 Å². The molecule has 0 atom stereocenters. The summed E-state index contributed by atoms with van der Waals surface area (Å²) in [5.74, 6) is -1.10. The molecule has 1 aromatic carbocycles. The summed E-state index contributed by atoms with van der Waals surface area (Å²) in [5, 5.41) is 2.53.